The first kappa shape index (κ1) is 16.3. The van der Waals surface area contributed by atoms with Crippen LogP contribution >= 0.6 is 34.2 Å². The highest BCUT2D eigenvalue weighted by Crippen LogP contribution is 2.36. The van der Waals surface area contributed by atoms with E-state index in [0.29, 0.717) is 5.52 Å². The lowest BCUT2D eigenvalue weighted by molar-refractivity contribution is -0.137. The molecule has 118 valence electrons. The molecular weight excluding hydrogens is 442 g/mol. The van der Waals surface area contributed by atoms with Crippen molar-refractivity contribution >= 4 is 51.0 Å². The van der Waals surface area contributed by atoms with Gasteiger partial charge in [-0.2, -0.15) is 13.2 Å². The van der Waals surface area contributed by atoms with Gasteiger partial charge in [0.25, 0.3) is 5.91 Å². The maximum atomic E-state index is 13.2. The van der Waals surface area contributed by atoms with Crippen LogP contribution in [0.25, 0.3) is 10.9 Å². The number of fused-ring (bicyclic) bond motifs is 1. The van der Waals surface area contributed by atoms with Crippen LogP contribution in [0.3, 0.4) is 0 Å². The largest absolute Gasteiger partial charge is 0.417 e. The Balaban J connectivity index is 2.25. The molecule has 0 aliphatic carbocycles. The Labute approximate surface area is 148 Å². The number of hydrogen-bond acceptors (Lipinski definition) is 1. The summed E-state index contributed by atoms with van der Waals surface area (Å²) >= 11 is 7.94. The fraction of sp³-hybridized carbons (Fsp3) is 0.0625. The molecule has 23 heavy (non-hydrogen) atoms. The van der Waals surface area contributed by atoms with Crippen molar-refractivity contribution < 1.29 is 18.0 Å². The molecule has 3 aromatic rings. The molecule has 0 radical (unpaired) electrons. The molecule has 0 N–H and O–H groups in total. The summed E-state index contributed by atoms with van der Waals surface area (Å²) in [5, 5.41) is 0.569. The fourth-order valence-electron chi connectivity index (χ4n) is 2.40. The quantitative estimate of drug-likeness (QED) is 0.443. The van der Waals surface area contributed by atoms with Crippen LogP contribution in [-0.2, 0) is 6.18 Å². The minimum Gasteiger partial charge on any atom is -0.282 e. The number of aromatic nitrogens is 1. The Bertz CT molecular complexity index is 917. The highest BCUT2D eigenvalue weighted by Gasteiger charge is 2.36. The zero-order valence-corrected chi connectivity index (χ0v) is 14.3. The van der Waals surface area contributed by atoms with E-state index < -0.39 is 23.2 Å². The smallest absolute Gasteiger partial charge is 0.282 e. The van der Waals surface area contributed by atoms with Crippen LogP contribution in [0, 0.1) is 3.57 Å². The number of benzene rings is 2. The number of carbonyl (C=O) groups excluding carboxylic acids is 1. The molecule has 0 unspecified atom stereocenters. The lowest BCUT2D eigenvalue weighted by Gasteiger charge is -2.14. The molecular formula is C16H8ClF3INO. The van der Waals surface area contributed by atoms with Crippen LogP contribution in [0.5, 0.6) is 0 Å². The summed E-state index contributed by atoms with van der Waals surface area (Å²) in [5.74, 6) is -0.804. The van der Waals surface area contributed by atoms with E-state index in [1.54, 1.807) is 24.3 Å². The Morgan fingerprint density at radius 2 is 1.78 bits per heavy atom. The third-order valence-electron chi connectivity index (χ3n) is 3.42. The van der Waals surface area contributed by atoms with Gasteiger partial charge >= 0.3 is 6.18 Å². The Hall–Kier alpha value is -1.54. The van der Waals surface area contributed by atoms with Gasteiger partial charge < -0.3 is 0 Å². The summed E-state index contributed by atoms with van der Waals surface area (Å²) < 4.78 is 41.6. The van der Waals surface area contributed by atoms with E-state index in [-0.39, 0.29) is 5.02 Å². The van der Waals surface area contributed by atoms with Crippen molar-refractivity contribution in [1.82, 2.24) is 4.57 Å². The topological polar surface area (TPSA) is 22.0 Å². The minimum absolute atomic E-state index is 0.224. The summed E-state index contributed by atoms with van der Waals surface area (Å²) in [6.07, 6.45) is -3.15. The van der Waals surface area contributed by atoms with Gasteiger partial charge in [-0.05, 0) is 40.8 Å². The monoisotopic (exact) mass is 449 g/mol. The van der Waals surface area contributed by atoms with Crippen molar-refractivity contribution in [2.24, 2.45) is 0 Å². The Kier molecular flexibility index (Phi) is 4.14. The van der Waals surface area contributed by atoms with Crippen molar-refractivity contribution in [1.29, 1.82) is 0 Å². The fourth-order valence-corrected chi connectivity index (χ4v) is 3.39. The summed E-state index contributed by atoms with van der Waals surface area (Å²) in [6, 6.07) is 10.3. The first-order valence-corrected chi connectivity index (χ1v) is 7.92. The first-order chi connectivity index (χ1) is 10.8. The van der Waals surface area contributed by atoms with Crippen LogP contribution in [0.4, 0.5) is 13.2 Å². The molecule has 0 amide bonds. The Morgan fingerprint density at radius 3 is 2.48 bits per heavy atom. The molecule has 0 aliphatic heterocycles. The average molecular weight is 450 g/mol. The number of alkyl halides is 3. The molecule has 1 heterocycles. The van der Waals surface area contributed by atoms with Crippen LogP contribution in [-0.4, -0.2) is 10.5 Å². The van der Waals surface area contributed by atoms with Gasteiger partial charge in [0, 0.05) is 15.2 Å². The zero-order valence-electron chi connectivity index (χ0n) is 11.4. The number of para-hydroxylation sites is 1. The van der Waals surface area contributed by atoms with Crippen molar-refractivity contribution in [2.75, 3.05) is 0 Å². The zero-order chi connectivity index (χ0) is 16.8. The van der Waals surface area contributed by atoms with Gasteiger partial charge in [0.15, 0.2) is 0 Å². The molecule has 2 aromatic carbocycles. The van der Waals surface area contributed by atoms with E-state index in [4.69, 9.17) is 11.6 Å². The van der Waals surface area contributed by atoms with Gasteiger partial charge in [0.1, 0.15) is 0 Å². The SMILES string of the molecule is O=C(c1c(Cl)cccc1C(F)(F)F)n1cc(I)c2ccccc21. The lowest BCUT2D eigenvalue weighted by Crippen LogP contribution is -2.18. The highest BCUT2D eigenvalue weighted by molar-refractivity contribution is 14.1. The molecule has 0 saturated heterocycles. The second kappa shape index (κ2) is 5.83. The molecule has 0 saturated carbocycles. The van der Waals surface area contributed by atoms with E-state index in [1.807, 2.05) is 22.6 Å². The second-order valence-corrected chi connectivity index (χ2v) is 6.40. The molecule has 3 rings (SSSR count). The average Bonchev–Trinajstić information content (AvgIpc) is 2.83. The highest BCUT2D eigenvalue weighted by atomic mass is 127. The number of nitrogens with zero attached hydrogens (tertiary/aromatic N) is 1. The Morgan fingerprint density at radius 1 is 1.09 bits per heavy atom. The van der Waals surface area contributed by atoms with Crippen LogP contribution in [0.2, 0.25) is 5.02 Å². The van der Waals surface area contributed by atoms with Gasteiger partial charge in [-0.25, -0.2) is 0 Å². The summed E-state index contributed by atoms with van der Waals surface area (Å²) in [6.45, 7) is 0. The van der Waals surface area contributed by atoms with Gasteiger partial charge in [0.05, 0.1) is 21.7 Å². The predicted molar refractivity (Wildman–Crippen MR) is 90.8 cm³/mol. The van der Waals surface area contributed by atoms with Crippen molar-refractivity contribution in [3.63, 3.8) is 0 Å². The number of hydrogen-bond donors (Lipinski definition) is 0. The van der Waals surface area contributed by atoms with Crippen LogP contribution < -0.4 is 0 Å². The summed E-state index contributed by atoms with van der Waals surface area (Å²) in [5.41, 5.74) is -1.04. The van der Waals surface area contributed by atoms with Crippen molar-refractivity contribution in [3.8, 4) is 0 Å². The van der Waals surface area contributed by atoms with E-state index in [1.165, 1.54) is 22.9 Å². The molecule has 0 atom stereocenters. The van der Waals surface area contributed by atoms with Crippen molar-refractivity contribution in [2.45, 2.75) is 6.18 Å². The molecule has 2 nitrogen and oxygen atoms in total. The van der Waals surface area contributed by atoms with Crippen LogP contribution in [0.15, 0.2) is 48.7 Å². The number of rotatable bonds is 1. The van der Waals surface area contributed by atoms with Gasteiger partial charge in [-0.1, -0.05) is 35.9 Å². The van der Waals surface area contributed by atoms with E-state index in [2.05, 4.69) is 0 Å². The molecule has 0 aliphatic rings. The predicted octanol–water partition coefficient (Wildman–Crippen LogP) is 5.61. The second-order valence-electron chi connectivity index (χ2n) is 4.83. The van der Waals surface area contributed by atoms with E-state index in [0.717, 1.165) is 15.0 Å². The first-order valence-electron chi connectivity index (χ1n) is 6.46. The molecule has 0 fully saturated rings. The van der Waals surface area contributed by atoms with Gasteiger partial charge in [0.2, 0.25) is 0 Å². The van der Waals surface area contributed by atoms with E-state index >= 15 is 0 Å². The minimum atomic E-state index is -4.66. The number of halogens is 5. The van der Waals surface area contributed by atoms with Crippen LogP contribution in [0.1, 0.15) is 15.9 Å². The summed E-state index contributed by atoms with van der Waals surface area (Å²) in [7, 11) is 0. The van der Waals surface area contributed by atoms with Gasteiger partial charge in [-0.15, -0.1) is 0 Å². The third kappa shape index (κ3) is 2.85. The van der Waals surface area contributed by atoms with Gasteiger partial charge in [-0.3, -0.25) is 9.36 Å². The molecule has 0 spiro atoms. The molecule has 7 heteroatoms. The molecule has 0 bridgehead atoms. The van der Waals surface area contributed by atoms with E-state index in [9.17, 15) is 18.0 Å². The maximum Gasteiger partial charge on any atom is 0.417 e. The maximum absolute atomic E-state index is 13.2. The summed E-state index contributed by atoms with van der Waals surface area (Å²) in [4.78, 5) is 12.7. The normalized spacial score (nSPS) is 11.9. The number of carbonyl (C=O) groups is 1. The third-order valence-corrected chi connectivity index (χ3v) is 4.59. The standard InChI is InChI=1S/C16H8ClF3INO/c17-11-6-3-5-10(16(18,19)20)14(11)15(23)22-8-12(21)9-4-1-2-7-13(9)22/h1-8H. The molecule has 1 aromatic heterocycles. The lowest BCUT2D eigenvalue weighted by atomic mass is 10.1. The van der Waals surface area contributed by atoms with Crippen molar-refractivity contribution in [3.05, 3.63) is 68.4 Å².